The predicted molar refractivity (Wildman–Crippen MR) is 39.6 cm³/mol. The second kappa shape index (κ2) is 5.63. The molecular formula is C8H16F2. The summed E-state index contributed by atoms with van der Waals surface area (Å²) in [5.74, 6) is 0. The van der Waals surface area contributed by atoms with Gasteiger partial charge in [0.25, 0.3) is 0 Å². The minimum Gasteiger partial charge on any atom is -0.247 e. The Bertz CT molecular complexity index is 73.7. The number of halogens is 2. The number of alkyl halides is 2. The standard InChI is InChI=1S/C8H16F2/c1-3-5-8(10)6-7(9)4-2/h7-8H,3-6H2,1-2H3. The normalized spacial score (nSPS) is 16.8. The van der Waals surface area contributed by atoms with E-state index in [-0.39, 0.29) is 6.42 Å². The van der Waals surface area contributed by atoms with Crippen molar-refractivity contribution in [1.82, 2.24) is 0 Å². The van der Waals surface area contributed by atoms with E-state index >= 15 is 0 Å². The summed E-state index contributed by atoms with van der Waals surface area (Å²) >= 11 is 0. The highest BCUT2D eigenvalue weighted by atomic mass is 19.1. The summed E-state index contributed by atoms with van der Waals surface area (Å²) < 4.78 is 25.1. The Kier molecular flexibility index (Phi) is 5.55. The van der Waals surface area contributed by atoms with Crippen LogP contribution in [0.25, 0.3) is 0 Å². The van der Waals surface area contributed by atoms with Gasteiger partial charge in [-0.1, -0.05) is 20.3 Å². The van der Waals surface area contributed by atoms with Gasteiger partial charge < -0.3 is 0 Å². The van der Waals surface area contributed by atoms with Gasteiger partial charge in [-0.15, -0.1) is 0 Å². The lowest BCUT2D eigenvalue weighted by atomic mass is 10.1. The van der Waals surface area contributed by atoms with Crippen LogP contribution < -0.4 is 0 Å². The van der Waals surface area contributed by atoms with Crippen molar-refractivity contribution in [2.45, 2.75) is 51.9 Å². The summed E-state index contributed by atoms with van der Waals surface area (Å²) in [4.78, 5) is 0. The second-order valence-corrected chi connectivity index (χ2v) is 2.63. The molecule has 0 aromatic carbocycles. The molecule has 0 aliphatic carbocycles. The zero-order valence-corrected chi connectivity index (χ0v) is 6.74. The minimum atomic E-state index is -0.943. The lowest BCUT2D eigenvalue weighted by Gasteiger charge is -2.08. The molecule has 0 heterocycles. The van der Waals surface area contributed by atoms with Crippen LogP contribution in [0, 0.1) is 0 Å². The van der Waals surface area contributed by atoms with Crippen molar-refractivity contribution in [1.29, 1.82) is 0 Å². The van der Waals surface area contributed by atoms with Crippen LogP contribution in [0.2, 0.25) is 0 Å². The van der Waals surface area contributed by atoms with Crippen LogP contribution in [0.15, 0.2) is 0 Å². The van der Waals surface area contributed by atoms with Crippen LogP contribution >= 0.6 is 0 Å². The third-order valence-corrected chi connectivity index (χ3v) is 1.56. The molecule has 2 atom stereocenters. The highest BCUT2D eigenvalue weighted by Crippen LogP contribution is 2.13. The van der Waals surface area contributed by atoms with Crippen LogP contribution in [-0.2, 0) is 0 Å². The third-order valence-electron chi connectivity index (χ3n) is 1.56. The Morgan fingerprint density at radius 2 is 1.70 bits per heavy atom. The maximum Gasteiger partial charge on any atom is 0.103 e. The van der Waals surface area contributed by atoms with Crippen molar-refractivity contribution in [2.75, 3.05) is 0 Å². The van der Waals surface area contributed by atoms with Crippen LogP contribution in [0.5, 0.6) is 0 Å². The van der Waals surface area contributed by atoms with Crippen molar-refractivity contribution < 1.29 is 8.78 Å². The Morgan fingerprint density at radius 3 is 2.10 bits per heavy atom. The number of hydrogen-bond acceptors (Lipinski definition) is 0. The zero-order valence-electron chi connectivity index (χ0n) is 6.74. The summed E-state index contributed by atoms with van der Waals surface area (Å²) in [6.07, 6.45) is -0.0477. The van der Waals surface area contributed by atoms with Crippen molar-refractivity contribution in [3.05, 3.63) is 0 Å². The maximum atomic E-state index is 12.6. The number of hydrogen-bond donors (Lipinski definition) is 0. The zero-order chi connectivity index (χ0) is 7.98. The topological polar surface area (TPSA) is 0 Å². The first-order valence-electron chi connectivity index (χ1n) is 3.98. The van der Waals surface area contributed by atoms with Gasteiger partial charge in [-0.05, 0) is 12.8 Å². The average Bonchev–Trinajstić information content (AvgIpc) is 1.88. The molecule has 0 spiro atoms. The first kappa shape index (κ1) is 9.86. The highest BCUT2D eigenvalue weighted by molar-refractivity contribution is 4.61. The van der Waals surface area contributed by atoms with E-state index in [1.54, 1.807) is 6.92 Å². The quantitative estimate of drug-likeness (QED) is 0.564. The molecule has 0 aliphatic rings. The van der Waals surface area contributed by atoms with E-state index in [4.69, 9.17) is 0 Å². The van der Waals surface area contributed by atoms with Crippen LogP contribution in [0.4, 0.5) is 8.78 Å². The molecule has 0 bridgehead atoms. The molecule has 0 aliphatic heterocycles. The van der Waals surface area contributed by atoms with Crippen LogP contribution in [0.3, 0.4) is 0 Å². The highest BCUT2D eigenvalue weighted by Gasteiger charge is 2.11. The largest absolute Gasteiger partial charge is 0.247 e. The van der Waals surface area contributed by atoms with E-state index in [0.29, 0.717) is 12.8 Å². The molecule has 0 saturated heterocycles. The molecule has 2 unspecified atom stereocenters. The molecule has 0 aromatic rings. The first-order valence-corrected chi connectivity index (χ1v) is 3.98. The van der Waals surface area contributed by atoms with E-state index in [1.807, 2.05) is 6.92 Å². The third kappa shape index (κ3) is 4.71. The van der Waals surface area contributed by atoms with Gasteiger partial charge in [0.1, 0.15) is 12.3 Å². The summed E-state index contributed by atoms with van der Waals surface area (Å²) in [6, 6.07) is 0. The molecule has 10 heavy (non-hydrogen) atoms. The van der Waals surface area contributed by atoms with E-state index in [9.17, 15) is 8.78 Å². The second-order valence-electron chi connectivity index (χ2n) is 2.63. The lowest BCUT2D eigenvalue weighted by Crippen LogP contribution is -2.08. The van der Waals surface area contributed by atoms with Crippen molar-refractivity contribution >= 4 is 0 Å². The molecular weight excluding hydrogens is 134 g/mol. The molecule has 0 rings (SSSR count). The fraction of sp³-hybridized carbons (Fsp3) is 1.00. The Labute approximate surface area is 61.6 Å². The first-order chi connectivity index (χ1) is 4.70. The number of rotatable bonds is 5. The fourth-order valence-corrected chi connectivity index (χ4v) is 0.875. The molecule has 0 radical (unpaired) electrons. The van der Waals surface area contributed by atoms with Gasteiger partial charge in [-0.3, -0.25) is 0 Å². The SMILES string of the molecule is CCCC(F)CC(F)CC. The van der Waals surface area contributed by atoms with Gasteiger partial charge in [-0.2, -0.15) is 0 Å². The summed E-state index contributed by atoms with van der Waals surface area (Å²) in [5, 5.41) is 0. The van der Waals surface area contributed by atoms with Crippen molar-refractivity contribution in [3.8, 4) is 0 Å². The van der Waals surface area contributed by atoms with E-state index in [1.165, 1.54) is 0 Å². The minimum absolute atomic E-state index is 0.0876. The van der Waals surface area contributed by atoms with Gasteiger partial charge in [0.05, 0.1) is 0 Å². The van der Waals surface area contributed by atoms with E-state index < -0.39 is 12.3 Å². The lowest BCUT2D eigenvalue weighted by molar-refractivity contribution is 0.205. The monoisotopic (exact) mass is 150 g/mol. The molecule has 0 N–H and O–H groups in total. The van der Waals surface area contributed by atoms with Crippen molar-refractivity contribution in [2.24, 2.45) is 0 Å². The molecule has 0 fully saturated rings. The van der Waals surface area contributed by atoms with Gasteiger partial charge in [-0.25, -0.2) is 8.78 Å². The summed E-state index contributed by atoms with van der Waals surface area (Å²) in [5.41, 5.74) is 0. The molecule has 2 heteroatoms. The Balaban J connectivity index is 3.27. The molecule has 0 amide bonds. The van der Waals surface area contributed by atoms with Gasteiger partial charge in [0.15, 0.2) is 0 Å². The smallest absolute Gasteiger partial charge is 0.103 e. The van der Waals surface area contributed by atoms with Crippen molar-refractivity contribution in [3.63, 3.8) is 0 Å². The Hall–Kier alpha value is -0.140. The Morgan fingerprint density at radius 1 is 1.10 bits per heavy atom. The molecule has 0 saturated carbocycles. The van der Waals surface area contributed by atoms with Gasteiger partial charge >= 0.3 is 0 Å². The predicted octanol–water partition coefficient (Wildman–Crippen LogP) is 3.26. The maximum absolute atomic E-state index is 12.6. The molecule has 0 aromatic heterocycles. The molecule has 0 nitrogen and oxygen atoms in total. The van der Waals surface area contributed by atoms with Crippen LogP contribution in [0.1, 0.15) is 39.5 Å². The average molecular weight is 150 g/mol. The summed E-state index contributed by atoms with van der Waals surface area (Å²) in [7, 11) is 0. The van der Waals surface area contributed by atoms with Crippen LogP contribution in [-0.4, -0.2) is 12.3 Å². The fourth-order valence-electron chi connectivity index (χ4n) is 0.875. The van der Waals surface area contributed by atoms with Gasteiger partial charge in [0.2, 0.25) is 0 Å². The molecule has 62 valence electrons. The summed E-state index contributed by atoms with van der Waals surface area (Å²) in [6.45, 7) is 3.65. The van der Waals surface area contributed by atoms with Gasteiger partial charge in [0, 0.05) is 6.42 Å². The van der Waals surface area contributed by atoms with E-state index in [2.05, 4.69) is 0 Å². The van der Waals surface area contributed by atoms with E-state index in [0.717, 1.165) is 6.42 Å².